The van der Waals surface area contributed by atoms with Crippen LogP contribution in [-0.4, -0.2) is 28.4 Å². The van der Waals surface area contributed by atoms with Crippen molar-refractivity contribution < 1.29 is 4.79 Å². The molecule has 1 unspecified atom stereocenters. The molecule has 160 valence electrons. The Morgan fingerprint density at radius 3 is 2.63 bits per heavy atom. The first kappa shape index (κ1) is 22.2. The molecule has 6 heteroatoms. The summed E-state index contributed by atoms with van der Waals surface area (Å²) in [4.78, 5) is 19.8. The van der Waals surface area contributed by atoms with Gasteiger partial charge in [-0.15, -0.1) is 0 Å². The lowest BCUT2D eigenvalue weighted by atomic mass is 10.1. The van der Waals surface area contributed by atoms with Crippen LogP contribution in [0.4, 0.5) is 5.69 Å². The predicted molar refractivity (Wildman–Crippen MR) is 125 cm³/mol. The van der Waals surface area contributed by atoms with Crippen LogP contribution in [0.2, 0.25) is 5.02 Å². The van der Waals surface area contributed by atoms with Gasteiger partial charge in [0.15, 0.2) is 0 Å². The van der Waals surface area contributed by atoms with Crippen molar-refractivity contribution in [2.24, 2.45) is 0 Å². The van der Waals surface area contributed by atoms with Gasteiger partial charge in [-0.2, -0.15) is 0 Å². The minimum atomic E-state index is -0.129. The summed E-state index contributed by atoms with van der Waals surface area (Å²) in [6.07, 6.45) is 6.12. The van der Waals surface area contributed by atoms with Crippen LogP contribution in [0.5, 0.6) is 0 Å². The largest absolute Gasteiger partial charge is 0.372 e. The lowest BCUT2D eigenvalue weighted by molar-refractivity contribution is 0.0944. The van der Waals surface area contributed by atoms with E-state index in [-0.39, 0.29) is 5.91 Å². The van der Waals surface area contributed by atoms with E-state index in [0.29, 0.717) is 35.4 Å². The number of anilines is 1. The van der Waals surface area contributed by atoms with Crippen molar-refractivity contribution >= 4 is 28.8 Å². The molecule has 5 nitrogen and oxygen atoms in total. The molecule has 2 aromatic heterocycles. The van der Waals surface area contributed by atoms with E-state index in [2.05, 4.69) is 60.4 Å². The fraction of sp³-hybridized carbons (Fsp3) is 0.417. The Labute approximate surface area is 184 Å². The summed E-state index contributed by atoms with van der Waals surface area (Å²) in [5, 5.41) is 3.64. The maximum absolute atomic E-state index is 12.9. The summed E-state index contributed by atoms with van der Waals surface area (Å²) in [6.45, 7) is 6.95. The molecule has 2 heterocycles. The first-order valence-electron chi connectivity index (χ1n) is 10.7. The third-order valence-electron chi connectivity index (χ3n) is 5.64. The molecule has 0 spiro atoms. The van der Waals surface area contributed by atoms with E-state index >= 15 is 0 Å². The van der Waals surface area contributed by atoms with Crippen LogP contribution in [0.3, 0.4) is 0 Å². The van der Waals surface area contributed by atoms with Gasteiger partial charge in [-0.1, -0.05) is 50.4 Å². The molecule has 3 aromatic rings. The van der Waals surface area contributed by atoms with Crippen molar-refractivity contribution in [2.75, 3.05) is 11.9 Å². The van der Waals surface area contributed by atoms with Gasteiger partial charge in [-0.3, -0.25) is 9.20 Å². The molecule has 3 rings (SSSR count). The summed E-state index contributed by atoms with van der Waals surface area (Å²) in [7, 11) is 2.14. The zero-order chi connectivity index (χ0) is 21.7. The van der Waals surface area contributed by atoms with Gasteiger partial charge in [0.25, 0.3) is 5.91 Å². The Kier molecular flexibility index (Phi) is 7.38. The number of imidazole rings is 1. The van der Waals surface area contributed by atoms with Gasteiger partial charge >= 0.3 is 0 Å². The number of pyridine rings is 1. The molecule has 1 N–H and O–H groups in total. The van der Waals surface area contributed by atoms with E-state index < -0.39 is 0 Å². The van der Waals surface area contributed by atoms with Gasteiger partial charge in [-0.05, 0) is 43.5 Å². The number of unbranched alkanes of at least 4 members (excludes halogenated alkanes) is 1. The maximum Gasteiger partial charge on any atom is 0.270 e. The number of nitrogens with one attached hydrogen (secondary N) is 1. The number of benzene rings is 1. The second-order valence-corrected chi connectivity index (χ2v) is 8.22. The SMILES string of the molecule is CCCCC(C)N(C)c1ccc(CNC(=O)c2c(CC)nc3cc(Cl)ccn23)cc1. The highest BCUT2D eigenvalue weighted by Crippen LogP contribution is 2.20. The van der Waals surface area contributed by atoms with Crippen molar-refractivity contribution in [3.63, 3.8) is 0 Å². The zero-order valence-corrected chi connectivity index (χ0v) is 19.0. The Morgan fingerprint density at radius 1 is 1.23 bits per heavy atom. The number of amides is 1. The Morgan fingerprint density at radius 2 is 1.97 bits per heavy atom. The van der Waals surface area contributed by atoms with E-state index in [1.807, 2.05) is 6.92 Å². The molecule has 0 fully saturated rings. The smallest absolute Gasteiger partial charge is 0.270 e. The monoisotopic (exact) mass is 426 g/mol. The van der Waals surface area contributed by atoms with Gasteiger partial charge in [0.2, 0.25) is 0 Å². The molecule has 1 aromatic carbocycles. The third kappa shape index (κ3) is 4.96. The lowest BCUT2D eigenvalue weighted by Crippen LogP contribution is -2.28. The molecule has 0 saturated carbocycles. The minimum absolute atomic E-state index is 0.129. The number of hydrogen-bond acceptors (Lipinski definition) is 3. The Hall–Kier alpha value is -2.53. The van der Waals surface area contributed by atoms with Gasteiger partial charge in [0.05, 0.1) is 5.69 Å². The van der Waals surface area contributed by atoms with Crippen LogP contribution < -0.4 is 10.2 Å². The average molecular weight is 427 g/mol. The number of nitrogens with zero attached hydrogens (tertiary/aromatic N) is 3. The summed E-state index contributed by atoms with van der Waals surface area (Å²) < 4.78 is 1.80. The molecular weight excluding hydrogens is 396 g/mol. The average Bonchev–Trinajstić information content (AvgIpc) is 3.13. The number of halogens is 1. The maximum atomic E-state index is 12.9. The van der Waals surface area contributed by atoms with Gasteiger partial charge in [0, 0.05) is 42.6 Å². The van der Waals surface area contributed by atoms with Crippen molar-refractivity contribution in [2.45, 2.75) is 59.0 Å². The van der Waals surface area contributed by atoms with Crippen LogP contribution in [0.25, 0.3) is 5.65 Å². The predicted octanol–water partition coefficient (Wildman–Crippen LogP) is 5.50. The molecule has 0 aliphatic rings. The first-order chi connectivity index (χ1) is 14.4. The normalized spacial score (nSPS) is 12.2. The van der Waals surface area contributed by atoms with Crippen LogP contribution >= 0.6 is 11.6 Å². The van der Waals surface area contributed by atoms with E-state index in [4.69, 9.17) is 11.6 Å². The van der Waals surface area contributed by atoms with E-state index in [1.165, 1.54) is 24.9 Å². The molecular formula is C24H31ClN4O. The highest BCUT2D eigenvalue weighted by atomic mass is 35.5. The number of aryl methyl sites for hydroxylation is 1. The van der Waals surface area contributed by atoms with Crippen LogP contribution in [0.15, 0.2) is 42.6 Å². The lowest BCUT2D eigenvalue weighted by Gasteiger charge is -2.27. The Balaban J connectivity index is 1.67. The molecule has 0 aliphatic carbocycles. The fourth-order valence-corrected chi connectivity index (χ4v) is 3.77. The number of carbonyl (C=O) groups excluding carboxylic acids is 1. The molecule has 1 amide bonds. The molecule has 30 heavy (non-hydrogen) atoms. The van der Waals surface area contributed by atoms with E-state index in [1.54, 1.807) is 22.7 Å². The molecule has 1 atom stereocenters. The summed E-state index contributed by atoms with van der Waals surface area (Å²) in [6, 6.07) is 12.4. The van der Waals surface area contributed by atoms with Gasteiger partial charge in [0.1, 0.15) is 11.3 Å². The quantitative estimate of drug-likeness (QED) is 0.491. The van der Waals surface area contributed by atoms with Crippen LogP contribution in [0.1, 0.15) is 61.8 Å². The first-order valence-corrected chi connectivity index (χ1v) is 11.1. The van der Waals surface area contributed by atoms with Crippen molar-refractivity contribution in [3.8, 4) is 0 Å². The zero-order valence-electron chi connectivity index (χ0n) is 18.3. The number of aromatic nitrogens is 2. The highest BCUT2D eigenvalue weighted by molar-refractivity contribution is 6.30. The molecule has 0 radical (unpaired) electrons. The van der Waals surface area contributed by atoms with Crippen LogP contribution in [0, 0.1) is 0 Å². The number of carbonyl (C=O) groups is 1. The number of rotatable bonds is 9. The van der Waals surface area contributed by atoms with Crippen LogP contribution in [-0.2, 0) is 13.0 Å². The summed E-state index contributed by atoms with van der Waals surface area (Å²) in [5.74, 6) is -0.129. The second-order valence-electron chi connectivity index (χ2n) is 7.79. The number of hydrogen-bond donors (Lipinski definition) is 1. The van der Waals surface area contributed by atoms with Crippen molar-refractivity contribution in [1.29, 1.82) is 0 Å². The summed E-state index contributed by atoms with van der Waals surface area (Å²) >= 11 is 6.07. The highest BCUT2D eigenvalue weighted by Gasteiger charge is 2.18. The minimum Gasteiger partial charge on any atom is -0.372 e. The van der Waals surface area contributed by atoms with Crippen molar-refractivity contribution in [1.82, 2.24) is 14.7 Å². The van der Waals surface area contributed by atoms with Gasteiger partial charge in [-0.25, -0.2) is 4.98 Å². The number of fused-ring (bicyclic) bond motifs is 1. The molecule has 0 aliphatic heterocycles. The topological polar surface area (TPSA) is 49.6 Å². The second kappa shape index (κ2) is 9.98. The Bertz CT molecular complexity index is 996. The van der Waals surface area contributed by atoms with E-state index in [9.17, 15) is 4.79 Å². The van der Waals surface area contributed by atoms with Gasteiger partial charge < -0.3 is 10.2 Å². The van der Waals surface area contributed by atoms with Crippen molar-refractivity contribution in [3.05, 3.63) is 64.6 Å². The molecule has 0 bridgehead atoms. The standard InChI is InChI=1S/C24H31ClN4O/c1-5-7-8-17(3)28(4)20-11-9-18(10-12-20)16-26-24(30)23-21(6-2)27-22-15-19(25)13-14-29(22)23/h9-15,17H,5-8,16H2,1-4H3,(H,26,30). The van der Waals surface area contributed by atoms with E-state index in [0.717, 1.165) is 11.3 Å². The fourth-order valence-electron chi connectivity index (χ4n) is 3.62. The summed E-state index contributed by atoms with van der Waals surface area (Å²) in [5.41, 5.74) is 4.30. The third-order valence-corrected chi connectivity index (χ3v) is 5.88. The molecule has 0 saturated heterocycles.